The summed E-state index contributed by atoms with van der Waals surface area (Å²) in [6, 6.07) is -0.339. The number of carbonyl (C=O) groups excluding carboxylic acids is 2. The molecule has 0 saturated carbocycles. The van der Waals surface area contributed by atoms with Crippen molar-refractivity contribution >= 4 is 22.4 Å². The van der Waals surface area contributed by atoms with Gasteiger partial charge < -0.3 is 14.4 Å². The predicted octanol–water partition coefficient (Wildman–Crippen LogP) is 4.14. The molecule has 32 heavy (non-hydrogen) atoms. The van der Waals surface area contributed by atoms with Gasteiger partial charge in [-0.2, -0.15) is 12.7 Å². The summed E-state index contributed by atoms with van der Waals surface area (Å²) in [5.41, 5.74) is -1.32. The molecule has 0 aromatic heterocycles. The van der Waals surface area contributed by atoms with Crippen LogP contribution in [0, 0.1) is 11.3 Å². The minimum absolute atomic E-state index is 0.0421. The largest absolute Gasteiger partial charge is 0.443 e. The van der Waals surface area contributed by atoms with Gasteiger partial charge in [-0.15, -0.1) is 0 Å². The van der Waals surface area contributed by atoms with Crippen molar-refractivity contribution in [3.05, 3.63) is 0 Å². The molecule has 1 aliphatic heterocycles. The molecule has 0 spiro atoms. The minimum atomic E-state index is -4.04. The van der Waals surface area contributed by atoms with E-state index in [-0.39, 0.29) is 30.0 Å². The fraction of sp³-hybridized carbons (Fsp3) is 0.909. The molecule has 1 heterocycles. The van der Waals surface area contributed by atoms with Crippen molar-refractivity contribution in [2.45, 2.75) is 99.3 Å². The van der Waals surface area contributed by atoms with Crippen LogP contribution < -0.4 is 4.72 Å². The quantitative estimate of drug-likeness (QED) is 0.563. The maximum absolute atomic E-state index is 12.7. The molecule has 0 aliphatic carbocycles. The Kier molecular flexibility index (Phi) is 9.04. The molecule has 1 aliphatic rings. The number of hydrogen-bond donors (Lipinski definition) is 1. The molecule has 0 atom stereocenters. The second-order valence-electron chi connectivity index (χ2n) is 11.7. The zero-order valence-electron chi connectivity index (χ0n) is 21.4. The third-order valence-electron chi connectivity index (χ3n) is 4.79. The number of ether oxygens (including phenoxy) is 2. The average Bonchev–Trinajstić information content (AvgIpc) is 2.42. The van der Waals surface area contributed by atoms with E-state index in [1.165, 1.54) is 4.31 Å². The molecule has 0 bridgehead atoms. The maximum Gasteiger partial charge on any atom is 0.422 e. The summed E-state index contributed by atoms with van der Waals surface area (Å²) in [5.74, 6) is 0.172. The van der Waals surface area contributed by atoms with Crippen molar-refractivity contribution in [1.82, 2.24) is 13.9 Å². The van der Waals surface area contributed by atoms with Crippen molar-refractivity contribution < 1.29 is 27.5 Å². The number of rotatable bonds is 8. The monoisotopic (exact) mass is 477 g/mol. The number of nitrogens with zero attached hydrogens (tertiary/aromatic N) is 2. The van der Waals surface area contributed by atoms with Crippen molar-refractivity contribution in [3.8, 4) is 0 Å². The Morgan fingerprint density at radius 1 is 1.03 bits per heavy atom. The van der Waals surface area contributed by atoms with E-state index in [0.717, 1.165) is 6.42 Å². The van der Waals surface area contributed by atoms with Crippen LogP contribution in [0.5, 0.6) is 0 Å². The maximum atomic E-state index is 12.7. The lowest BCUT2D eigenvalue weighted by atomic mass is 9.84. The third kappa shape index (κ3) is 9.94. The van der Waals surface area contributed by atoms with Gasteiger partial charge in [0.25, 0.3) is 0 Å². The van der Waals surface area contributed by atoms with E-state index in [1.54, 1.807) is 39.5 Å². The smallest absolute Gasteiger partial charge is 0.422 e. The molecule has 188 valence electrons. The van der Waals surface area contributed by atoms with Gasteiger partial charge in [-0.25, -0.2) is 14.3 Å². The highest BCUT2D eigenvalue weighted by molar-refractivity contribution is 7.87. The molecule has 0 radical (unpaired) electrons. The van der Waals surface area contributed by atoms with Gasteiger partial charge in [-0.3, -0.25) is 0 Å². The van der Waals surface area contributed by atoms with E-state index in [0.29, 0.717) is 19.5 Å². The Balaban J connectivity index is 2.57. The lowest BCUT2D eigenvalue weighted by Crippen LogP contribution is -2.54. The molecule has 0 aromatic rings. The number of likely N-dealkylation sites (tertiary alicyclic amines) is 1. The Bertz CT molecular complexity index is 760. The van der Waals surface area contributed by atoms with Gasteiger partial charge in [0.2, 0.25) is 0 Å². The molecule has 9 nitrogen and oxygen atoms in total. The second kappa shape index (κ2) is 10.2. The lowest BCUT2D eigenvalue weighted by Gasteiger charge is -2.42. The summed E-state index contributed by atoms with van der Waals surface area (Å²) >= 11 is 0. The van der Waals surface area contributed by atoms with Crippen LogP contribution in [0.1, 0.15) is 82.1 Å². The molecular weight excluding hydrogens is 434 g/mol. The minimum Gasteiger partial charge on any atom is -0.443 e. The van der Waals surface area contributed by atoms with Gasteiger partial charge in [-0.1, -0.05) is 20.8 Å². The Morgan fingerprint density at radius 2 is 1.56 bits per heavy atom. The first-order valence-electron chi connectivity index (χ1n) is 11.2. The summed E-state index contributed by atoms with van der Waals surface area (Å²) in [5, 5.41) is 0. The molecule has 0 aromatic carbocycles. The zero-order valence-corrected chi connectivity index (χ0v) is 22.3. The summed E-state index contributed by atoms with van der Waals surface area (Å²) in [4.78, 5) is 26.0. The lowest BCUT2D eigenvalue weighted by molar-refractivity contribution is -0.0286. The summed E-state index contributed by atoms with van der Waals surface area (Å²) < 4.78 is 39.3. The molecule has 0 unspecified atom stereocenters. The van der Waals surface area contributed by atoms with E-state index in [1.807, 2.05) is 18.6 Å². The molecule has 1 N–H and O–H groups in total. The van der Waals surface area contributed by atoms with Gasteiger partial charge in [-0.05, 0) is 72.6 Å². The molecule has 10 heteroatoms. The van der Waals surface area contributed by atoms with Crippen LogP contribution in [0.2, 0.25) is 0 Å². The third-order valence-corrected chi connectivity index (χ3v) is 6.43. The fourth-order valence-corrected chi connectivity index (χ4v) is 5.21. The molecule has 1 fully saturated rings. The highest BCUT2D eigenvalue weighted by Crippen LogP contribution is 2.31. The normalized spacial score (nSPS) is 16.2. The molecule has 2 amide bonds. The number of hydrogen-bond acceptors (Lipinski definition) is 6. The van der Waals surface area contributed by atoms with Gasteiger partial charge in [0.15, 0.2) is 0 Å². The highest BCUT2D eigenvalue weighted by Gasteiger charge is 2.37. The van der Waals surface area contributed by atoms with E-state index >= 15 is 0 Å². The molecule has 1 saturated heterocycles. The predicted molar refractivity (Wildman–Crippen MR) is 124 cm³/mol. The molecular formula is C22H43N3O6S. The van der Waals surface area contributed by atoms with Crippen molar-refractivity contribution in [1.29, 1.82) is 0 Å². The van der Waals surface area contributed by atoms with E-state index < -0.39 is 27.5 Å². The number of carbonyl (C=O) groups is 2. The van der Waals surface area contributed by atoms with E-state index in [4.69, 9.17) is 9.47 Å². The fourth-order valence-electron chi connectivity index (χ4n) is 3.94. The van der Waals surface area contributed by atoms with Crippen LogP contribution in [-0.2, 0) is 19.7 Å². The summed E-state index contributed by atoms with van der Waals surface area (Å²) in [6.07, 6.45) is -0.0220. The van der Waals surface area contributed by atoms with Gasteiger partial charge >= 0.3 is 22.4 Å². The van der Waals surface area contributed by atoms with Crippen LogP contribution in [0.25, 0.3) is 0 Å². The first-order chi connectivity index (χ1) is 14.2. The Hall–Kier alpha value is -1.55. The van der Waals surface area contributed by atoms with E-state index in [9.17, 15) is 18.0 Å². The number of nitrogens with one attached hydrogen (secondary N) is 1. The van der Waals surface area contributed by atoms with Crippen molar-refractivity contribution in [2.75, 3.05) is 19.6 Å². The number of amides is 2. The van der Waals surface area contributed by atoms with Gasteiger partial charge in [0.05, 0.1) is 0 Å². The highest BCUT2D eigenvalue weighted by atomic mass is 32.2. The van der Waals surface area contributed by atoms with Gasteiger partial charge in [0, 0.05) is 25.7 Å². The SMILES string of the molecule is CC(C)N(CCC1CN(C(=O)OC(C)(C)CC(C)(C)C)C1)S(=O)(=O)NC(=O)OC(C)(C)C. The first kappa shape index (κ1) is 28.5. The first-order valence-corrected chi connectivity index (χ1v) is 12.7. The van der Waals surface area contributed by atoms with Crippen LogP contribution in [0.15, 0.2) is 0 Å². The Morgan fingerprint density at radius 3 is 2.00 bits per heavy atom. The summed E-state index contributed by atoms with van der Waals surface area (Å²) in [7, 11) is -4.04. The van der Waals surface area contributed by atoms with Gasteiger partial charge in [0.1, 0.15) is 11.2 Å². The van der Waals surface area contributed by atoms with Crippen molar-refractivity contribution in [2.24, 2.45) is 11.3 Å². The van der Waals surface area contributed by atoms with Crippen LogP contribution in [0.3, 0.4) is 0 Å². The van der Waals surface area contributed by atoms with Crippen molar-refractivity contribution in [3.63, 3.8) is 0 Å². The Labute approximate surface area is 194 Å². The van der Waals surface area contributed by atoms with Crippen LogP contribution in [-0.4, -0.2) is 66.7 Å². The topological polar surface area (TPSA) is 105 Å². The standard InChI is InChI=1S/C22H43N3O6S/c1-16(2)25(32(28,29)23-18(26)30-21(6,7)8)12-11-17-13-24(14-17)19(27)31-22(9,10)15-20(3,4)5/h16-17H,11-15H2,1-10H3,(H,23,26). The average molecular weight is 478 g/mol. The second-order valence-corrected chi connectivity index (χ2v) is 13.4. The summed E-state index contributed by atoms with van der Waals surface area (Å²) in [6.45, 7) is 19.9. The zero-order chi connectivity index (χ0) is 25.1. The molecule has 1 rings (SSSR count). The van der Waals surface area contributed by atoms with Crippen LogP contribution >= 0.6 is 0 Å². The van der Waals surface area contributed by atoms with Crippen LogP contribution in [0.4, 0.5) is 9.59 Å². The van der Waals surface area contributed by atoms with E-state index in [2.05, 4.69) is 20.8 Å².